The van der Waals surface area contributed by atoms with Gasteiger partial charge in [-0.1, -0.05) is 65.2 Å². The Balaban J connectivity index is 2.01. The lowest BCUT2D eigenvalue weighted by Gasteiger charge is -2.44. The van der Waals surface area contributed by atoms with Crippen molar-refractivity contribution >= 4 is 0 Å². The van der Waals surface area contributed by atoms with Crippen LogP contribution in [0.25, 0.3) is 0 Å². The minimum atomic E-state index is -0.329. The zero-order valence-electron chi connectivity index (χ0n) is 13.9. The molecule has 2 aliphatic rings. The largest absolute Gasteiger partial charge is 0.389 e. The topological polar surface area (TPSA) is 20.2 Å². The molecule has 2 fully saturated rings. The number of unbranched alkanes of at least 4 members (excludes halogenated alkanes) is 1. The molecular formula is C19H36O. The molecule has 0 bridgehead atoms. The summed E-state index contributed by atoms with van der Waals surface area (Å²) in [6, 6.07) is 0. The van der Waals surface area contributed by atoms with Gasteiger partial charge in [-0.05, 0) is 49.9 Å². The summed E-state index contributed by atoms with van der Waals surface area (Å²) in [5.41, 5.74) is -0.329. The fraction of sp³-hybridized carbons (Fsp3) is 1.00. The third kappa shape index (κ3) is 4.00. The molecule has 1 N–H and O–H groups in total. The van der Waals surface area contributed by atoms with E-state index in [2.05, 4.69) is 13.8 Å². The molecule has 1 heteroatoms. The second kappa shape index (κ2) is 7.82. The molecule has 0 saturated heterocycles. The molecule has 1 nitrogen and oxygen atoms in total. The van der Waals surface area contributed by atoms with Gasteiger partial charge in [-0.15, -0.1) is 0 Å². The highest BCUT2D eigenvalue weighted by Crippen LogP contribution is 2.47. The first kappa shape index (κ1) is 16.3. The molecule has 2 unspecified atom stereocenters. The summed E-state index contributed by atoms with van der Waals surface area (Å²) in [4.78, 5) is 0. The fourth-order valence-electron chi connectivity index (χ4n) is 4.91. The summed E-state index contributed by atoms with van der Waals surface area (Å²) in [5, 5.41) is 11.6. The van der Waals surface area contributed by atoms with Gasteiger partial charge < -0.3 is 5.11 Å². The SMILES string of the molecule is CCCCC(C)CC(O)(C1CCCCC1)C1CCCC1. The number of aliphatic hydroxyl groups is 1. The van der Waals surface area contributed by atoms with Crippen LogP contribution in [0.4, 0.5) is 0 Å². The summed E-state index contributed by atoms with van der Waals surface area (Å²) >= 11 is 0. The molecule has 2 saturated carbocycles. The highest BCUT2D eigenvalue weighted by molar-refractivity contribution is 4.96. The van der Waals surface area contributed by atoms with E-state index in [0.717, 1.165) is 6.42 Å². The Morgan fingerprint density at radius 1 is 0.950 bits per heavy atom. The molecule has 0 aromatic heterocycles. The molecule has 0 amide bonds. The first-order valence-corrected chi connectivity index (χ1v) is 9.39. The quantitative estimate of drug-likeness (QED) is 0.634. The summed E-state index contributed by atoms with van der Waals surface area (Å²) in [7, 11) is 0. The second-order valence-corrected chi connectivity index (χ2v) is 7.76. The van der Waals surface area contributed by atoms with E-state index in [9.17, 15) is 5.11 Å². The molecule has 0 spiro atoms. The Labute approximate surface area is 126 Å². The maximum atomic E-state index is 11.6. The van der Waals surface area contributed by atoms with Crippen LogP contribution in [0.5, 0.6) is 0 Å². The van der Waals surface area contributed by atoms with Crippen molar-refractivity contribution in [3.8, 4) is 0 Å². The highest BCUT2D eigenvalue weighted by Gasteiger charge is 2.45. The van der Waals surface area contributed by atoms with Crippen molar-refractivity contribution in [3.63, 3.8) is 0 Å². The van der Waals surface area contributed by atoms with Crippen LogP contribution in [0.3, 0.4) is 0 Å². The average molecular weight is 280 g/mol. The van der Waals surface area contributed by atoms with E-state index in [1.165, 1.54) is 77.0 Å². The number of rotatable bonds is 7. The van der Waals surface area contributed by atoms with Gasteiger partial charge in [0, 0.05) is 0 Å². The third-order valence-corrected chi connectivity index (χ3v) is 6.10. The molecule has 0 aliphatic heterocycles. The van der Waals surface area contributed by atoms with Crippen molar-refractivity contribution in [2.24, 2.45) is 17.8 Å². The van der Waals surface area contributed by atoms with Crippen LogP contribution >= 0.6 is 0 Å². The minimum absolute atomic E-state index is 0.329. The molecule has 118 valence electrons. The van der Waals surface area contributed by atoms with Crippen molar-refractivity contribution in [1.82, 2.24) is 0 Å². The number of hydrogen-bond donors (Lipinski definition) is 1. The molecule has 0 aromatic carbocycles. The van der Waals surface area contributed by atoms with Gasteiger partial charge in [-0.3, -0.25) is 0 Å². The molecular weight excluding hydrogens is 244 g/mol. The fourth-order valence-corrected chi connectivity index (χ4v) is 4.91. The molecule has 0 radical (unpaired) electrons. The van der Waals surface area contributed by atoms with Gasteiger partial charge >= 0.3 is 0 Å². The van der Waals surface area contributed by atoms with Gasteiger partial charge in [0.05, 0.1) is 5.60 Å². The van der Waals surface area contributed by atoms with Crippen molar-refractivity contribution in [2.75, 3.05) is 0 Å². The maximum Gasteiger partial charge on any atom is 0.0706 e. The van der Waals surface area contributed by atoms with Crippen LogP contribution in [0.2, 0.25) is 0 Å². The Hall–Kier alpha value is -0.0400. The van der Waals surface area contributed by atoms with Crippen LogP contribution in [-0.4, -0.2) is 10.7 Å². The molecule has 0 heterocycles. The van der Waals surface area contributed by atoms with Gasteiger partial charge in [0.15, 0.2) is 0 Å². The normalized spacial score (nSPS) is 26.6. The second-order valence-electron chi connectivity index (χ2n) is 7.76. The van der Waals surface area contributed by atoms with Gasteiger partial charge in [-0.2, -0.15) is 0 Å². The Morgan fingerprint density at radius 2 is 1.45 bits per heavy atom. The van der Waals surface area contributed by atoms with E-state index in [0.29, 0.717) is 17.8 Å². The Kier molecular flexibility index (Phi) is 6.39. The van der Waals surface area contributed by atoms with Crippen molar-refractivity contribution in [3.05, 3.63) is 0 Å². The molecule has 20 heavy (non-hydrogen) atoms. The van der Waals surface area contributed by atoms with Crippen LogP contribution in [0, 0.1) is 17.8 Å². The summed E-state index contributed by atoms with van der Waals surface area (Å²) in [6.45, 7) is 4.65. The predicted molar refractivity (Wildman–Crippen MR) is 86.8 cm³/mol. The van der Waals surface area contributed by atoms with E-state index >= 15 is 0 Å². The lowest BCUT2D eigenvalue weighted by molar-refractivity contribution is -0.0954. The van der Waals surface area contributed by atoms with Crippen LogP contribution in [0.15, 0.2) is 0 Å². The monoisotopic (exact) mass is 280 g/mol. The van der Waals surface area contributed by atoms with Crippen LogP contribution < -0.4 is 0 Å². The summed E-state index contributed by atoms with van der Waals surface area (Å²) in [5.74, 6) is 1.90. The van der Waals surface area contributed by atoms with E-state index in [-0.39, 0.29) is 5.60 Å². The molecule has 0 aromatic rings. The lowest BCUT2D eigenvalue weighted by Crippen LogP contribution is -2.46. The lowest BCUT2D eigenvalue weighted by atomic mass is 9.66. The standard InChI is InChI=1S/C19H36O/c1-3-4-10-16(2)15-19(20,18-13-8-9-14-18)17-11-6-5-7-12-17/h16-18,20H,3-15H2,1-2H3. The summed E-state index contributed by atoms with van der Waals surface area (Å²) in [6.07, 6.45) is 16.9. The number of hydrogen-bond acceptors (Lipinski definition) is 1. The predicted octanol–water partition coefficient (Wildman–Crippen LogP) is 5.70. The minimum Gasteiger partial charge on any atom is -0.389 e. The van der Waals surface area contributed by atoms with Crippen LogP contribution in [-0.2, 0) is 0 Å². The van der Waals surface area contributed by atoms with E-state index in [4.69, 9.17) is 0 Å². The molecule has 2 atom stereocenters. The first-order valence-electron chi connectivity index (χ1n) is 9.39. The zero-order chi connectivity index (χ0) is 14.4. The average Bonchev–Trinajstić information content (AvgIpc) is 3.00. The molecule has 2 aliphatic carbocycles. The first-order chi connectivity index (χ1) is 9.66. The van der Waals surface area contributed by atoms with Crippen molar-refractivity contribution < 1.29 is 5.11 Å². The Morgan fingerprint density at radius 3 is 1.95 bits per heavy atom. The van der Waals surface area contributed by atoms with Crippen molar-refractivity contribution in [2.45, 2.75) is 103 Å². The van der Waals surface area contributed by atoms with Gasteiger partial charge in [0.2, 0.25) is 0 Å². The van der Waals surface area contributed by atoms with Crippen molar-refractivity contribution in [1.29, 1.82) is 0 Å². The van der Waals surface area contributed by atoms with Gasteiger partial charge in [0.25, 0.3) is 0 Å². The third-order valence-electron chi connectivity index (χ3n) is 6.10. The van der Waals surface area contributed by atoms with Crippen LogP contribution in [0.1, 0.15) is 97.3 Å². The Bertz CT molecular complexity index is 263. The van der Waals surface area contributed by atoms with Gasteiger partial charge in [0.1, 0.15) is 0 Å². The molecule has 2 rings (SSSR count). The zero-order valence-corrected chi connectivity index (χ0v) is 13.9. The summed E-state index contributed by atoms with van der Waals surface area (Å²) < 4.78 is 0. The highest BCUT2D eigenvalue weighted by atomic mass is 16.3. The maximum absolute atomic E-state index is 11.6. The van der Waals surface area contributed by atoms with E-state index in [1.54, 1.807) is 0 Å². The van der Waals surface area contributed by atoms with Gasteiger partial charge in [-0.25, -0.2) is 0 Å². The smallest absolute Gasteiger partial charge is 0.0706 e. The van der Waals surface area contributed by atoms with E-state index < -0.39 is 0 Å². The van der Waals surface area contributed by atoms with E-state index in [1.807, 2.05) is 0 Å².